The molecule has 1 saturated heterocycles. The molecule has 4 rings (SSSR count). The number of amides is 2. The van der Waals surface area contributed by atoms with Gasteiger partial charge in [0.25, 0.3) is 0 Å². The molecule has 2 aromatic carbocycles. The van der Waals surface area contributed by atoms with Gasteiger partial charge in [-0.15, -0.1) is 0 Å². The van der Waals surface area contributed by atoms with Crippen molar-refractivity contribution in [3.05, 3.63) is 95.9 Å². The van der Waals surface area contributed by atoms with E-state index in [1.807, 2.05) is 24.3 Å². The van der Waals surface area contributed by atoms with Crippen molar-refractivity contribution >= 4 is 11.8 Å². The van der Waals surface area contributed by atoms with E-state index < -0.39 is 5.54 Å². The molecule has 0 bridgehead atoms. The van der Waals surface area contributed by atoms with Gasteiger partial charge in [0.1, 0.15) is 5.76 Å². The number of carbonyl (C=O) groups is 2. The Morgan fingerprint density at radius 2 is 1.69 bits per heavy atom. The minimum Gasteiger partial charge on any atom is -0.469 e. The fraction of sp³-hybridized carbons (Fsp3) is 0.333. The predicted molar refractivity (Wildman–Crippen MR) is 124 cm³/mol. The third kappa shape index (κ3) is 5.67. The molecule has 1 atom stereocenters. The molecule has 1 aromatic heterocycles. The molecule has 0 saturated carbocycles. The van der Waals surface area contributed by atoms with E-state index in [1.54, 1.807) is 6.26 Å². The molecule has 2 amide bonds. The molecule has 1 fully saturated rings. The Kier molecular flexibility index (Phi) is 7.05. The van der Waals surface area contributed by atoms with Gasteiger partial charge in [-0.05, 0) is 42.5 Å². The van der Waals surface area contributed by atoms with Gasteiger partial charge in [-0.3, -0.25) is 9.59 Å². The Balaban J connectivity index is 1.32. The molecule has 166 valence electrons. The van der Waals surface area contributed by atoms with Crippen molar-refractivity contribution in [2.45, 2.75) is 50.0 Å². The first kappa shape index (κ1) is 21.9. The van der Waals surface area contributed by atoms with Crippen LogP contribution in [0.4, 0.5) is 0 Å². The van der Waals surface area contributed by atoms with Crippen molar-refractivity contribution in [2.24, 2.45) is 0 Å². The Hall–Kier alpha value is -3.34. The highest BCUT2D eigenvalue weighted by Crippen LogP contribution is 2.30. The third-order valence-corrected chi connectivity index (χ3v) is 6.32. The predicted octanol–water partition coefficient (Wildman–Crippen LogP) is 4.59. The zero-order chi connectivity index (χ0) is 22.2. The summed E-state index contributed by atoms with van der Waals surface area (Å²) >= 11 is 0. The first-order chi connectivity index (χ1) is 15.6. The molecule has 1 aliphatic heterocycles. The third-order valence-electron chi connectivity index (χ3n) is 6.32. The van der Waals surface area contributed by atoms with Crippen molar-refractivity contribution in [1.29, 1.82) is 0 Å². The average Bonchev–Trinajstić information content (AvgIpc) is 3.46. The lowest BCUT2D eigenvalue weighted by atomic mass is 9.87. The Morgan fingerprint density at radius 3 is 2.25 bits per heavy atom. The largest absolute Gasteiger partial charge is 0.469 e. The number of nitrogens with one attached hydrogen (secondary N) is 2. The lowest BCUT2D eigenvalue weighted by Gasteiger charge is -2.28. The van der Waals surface area contributed by atoms with Crippen LogP contribution in [0, 0.1) is 0 Å². The van der Waals surface area contributed by atoms with Gasteiger partial charge < -0.3 is 15.1 Å². The molecule has 2 N–H and O–H groups in total. The Bertz CT molecular complexity index is 962. The zero-order valence-corrected chi connectivity index (χ0v) is 18.3. The van der Waals surface area contributed by atoms with Crippen LogP contribution in [0.3, 0.4) is 0 Å². The molecule has 2 heterocycles. The van der Waals surface area contributed by atoms with Crippen LogP contribution in [0.15, 0.2) is 83.5 Å². The van der Waals surface area contributed by atoms with E-state index in [4.69, 9.17) is 4.42 Å². The first-order valence-corrected chi connectivity index (χ1v) is 11.3. The van der Waals surface area contributed by atoms with Gasteiger partial charge in [0.15, 0.2) is 0 Å². The first-order valence-electron chi connectivity index (χ1n) is 11.3. The fourth-order valence-corrected chi connectivity index (χ4v) is 4.62. The number of hydrogen-bond acceptors (Lipinski definition) is 3. The minimum atomic E-state index is -0.400. The molecule has 32 heavy (non-hydrogen) atoms. The van der Waals surface area contributed by atoms with E-state index in [1.165, 1.54) is 11.1 Å². The second-order valence-corrected chi connectivity index (χ2v) is 8.60. The molecule has 1 aliphatic rings. The molecule has 5 nitrogen and oxygen atoms in total. The summed E-state index contributed by atoms with van der Waals surface area (Å²) in [6.45, 7) is 0.602. The highest BCUT2D eigenvalue weighted by Gasteiger charge is 2.38. The van der Waals surface area contributed by atoms with Crippen LogP contribution >= 0.6 is 0 Å². The summed E-state index contributed by atoms with van der Waals surface area (Å²) in [5, 5.41) is 6.19. The summed E-state index contributed by atoms with van der Waals surface area (Å²) in [7, 11) is 0. The van der Waals surface area contributed by atoms with E-state index >= 15 is 0 Å². The fourth-order valence-electron chi connectivity index (χ4n) is 4.62. The molecular weight excluding hydrogens is 400 g/mol. The monoisotopic (exact) mass is 430 g/mol. The van der Waals surface area contributed by atoms with Crippen LogP contribution in [-0.4, -0.2) is 23.9 Å². The van der Waals surface area contributed by atoms with Gasteiger partial charge in [0.2, 0.25) is 11.8 Å². The van der Waals surface area contributed by atoms with Gasteiger partial charge in [0, 0.05) is 37.3 Å². The summed E-state index contributed by atoms with van der Waals surface area (Å²) in [5.74, 6) is 1.13. The normalized spacial score (nSPS) is 18.0. The molecule has 0 unspecified atom stereocenters. The minimum absolute atomic E-state index is 0.0184. The lowest BCUT2D eigenvalue weighted by Crippen LogP contribution is -2.44. The van der Waals surface area contributed by atoms with Crippen LogP contribution in [0.5, 0.6) is 0 Å². The molecule has 0 aliphatic carbocycles. The van der Waals surface area contributed by atoms with Crippen LogP contribution in [0.2, 0.25) is 0 Å². The van der Waals surface area contributed by atoms with Gasteiger partial charge in [0.05, 0.1) is 6.26 Å². The summed E-state index contributed by atoms with van der Waals surface area (Å²) in [6.07, 6.45) is 5.29. The lowest BCUT2D eigenvalue weighted by molar-refractivity contribution is -0.122. The van der Waals surface area contributed by atoms with Crippen molar-refractivity contribution in [3.63, 3.8) is 0 Å². The van der Waals surface area contributed by atoms with Crippen LogP contribution in [0.1, 0.15) is 54.9 Å². The maximum atomic E-state index is 12.6. The number of benzene rings is 2. The summed E-state index contributed by atoms with van der Waals surface area (Å²) in [4.78, 5) is 24.5. The highest BCUT2D eigenvalue weighted by atomic mass is 16.3. The van der Waals surface area contributed by atoms with E-state index in [-0.39, 0.29) is 17.7 Å². The number of rotatable bonds is 10. The SMILES string of the molecule is O=C(CC[C@]1(Cc2ccco2)CCC(=O)N1)NCCC(c1ccccc1)c1ccccc1. The second-order valence-electron chi connectivity index (χ2n) is 8.60. The van der Waals surface area contributed by atoms with E-state index in [0.29, 0.717) is 32.2 Å². The van der Waals surface area contributed by atoms with Crippen molar-refractivity contribution < 1.29 is 14.0 Å². The smallest absolute Gasteiger partial charge is 0.220 e. The number of carbonyl (C=O) groups excluding carboxylic acids is 2. The van der Waals surface area contributed by atoms with E-state index in [0.717, 1.165) is 18.6 Å². The second kappa shape index (κ2) is 10.3. The standard InChI is InChI=1S/C27H30N2O3/c30-25(13-16-27(17-14-26(31)29-27)20-23-12-7-19-32-23)28-18-15-24(21-8-3-1-4-9-21)22-10-5-2-6-11-22/h1-12,19,24H,13-18,20H2,(H,28,30)(H,29,31)/t27-/m1/s1. The molecule has 3 aromatic rings. The summed E-state index contributed by atoms with van der Waals surface area (Å²) < 4.78 is 5.49. The average molecular weight is 431 g/mol. The maximum Gasteiger partial charge on any atom is 0.220 e. The van der Waals surface area contributed by atoms with Gasteiger partial charge in [-0.1, -0.05) is 60.7 Å². The number of hydrogen-bond donors (Lipinski definition) is 2. The topological polar surface area (TPSA) is 71.3 Å². The van der Waals surface area contributed by atoms with E-state index in [9.17, 15) is 9.59 Å². The van der Waals surface area contributed by atoms with Crippen LogP contribution in [-0.2, 0) is 16.0 Å². The van der Waals surface area contributed by atoms with E-state index in [2.05, 4.69) is 59.2 Å². The summed E-state index contributed by atoms with van der Waals surface area (Å²) in [6, 6.07) is 24.6. The van der Waals surface area contributed by atoms with Gasteiger partial charge in [-0.25, -0.2) is 0 Å². The molecular formula is C27H30N2O3. The Labute approximate surface area is 189 Å². The van der Waals surface area contributed by atoms with Crippen LogP contribution in [0.25, 0.3) is 0 Å². The maximum absolute atomic E-state index is 12.6. The quantitative estimate of drug-likeness (QED) is 0.494. The van der Waals surface area contributed by atoms with Crippen molar-refractivity contribution in [3.8, 4) is 0 Å². The van der Waals surface area contributed by atoms with Crippen molar-refractivity contribution in [2.75, 3.05) is 6.54 Å². The number of furan rings is 1. The van der Waals surface area contributed by atoms with Crippen molar-refractivity contribution in [1.82, 2.24) is 10.6 Å². The molecule has 0 radical (unpaired) electrons. The van der Waals surface area contributed by atoms with Crippen LogP contribution < -0.4 is 10.6 Å². The van der Waals surface area contributed by atoms with Gasteiger partial charge >= 0.3 is 0 Å². The van der Waals surface area contributed by atoms with Gasteiger partial charge in [-0.2, -0.15) is 0 Å². The summed E-state index contributed by atoms with van der Waals surface area (Å²) in [5.41, 5.74) is 2.10. The molecule has 5 heteroatoms. The Morgan fingerprint density at radius 1 is 1.00 bits per heavy atom. The molecule has 0 spiro atoms. The zero-order valence-electron chi connectivity index (χ0n) is 18.3. The highest BCUT2D eigenvalue weighted by molar-refractivity contribution is 5.80.